The molecule has 3 nitrogen and oxygen atoms in total. The first kappa shape index (κ1) is 12.1. The van der Waals surface area contributed by atoms with Gasteiger partial charge in [-0.25, -0.2) is 0 Å². The van der Waals surface area contributed by atoms with Gasteiger partial charge in [0.1, 0.15) is 6.04 Å². The first-order chi connectivity index (χ1) is 8.18. The molecule has 0 radical (unpaired) electrons. The minimum Gasteiger partial charge on any atom is -0.480 e. The topological polar surface area (TPSA) is 40.5 Å². The summed E-state index contributed by atoms with van der Waals surface area (Å²) in [5.74, 6) is -0.738. The Hall–Kier alpha value is -1.35. The van der Waals surface area contributed by atoms with Crippen molar-refractivity contribution in [3.05, 3.63) is 35.4 Å². The summed E-state index contributed by atoms with van der Waals surface area (Å²) >= 11 is 0. The smallest absolute Gasteiger partial charge is 0.325 e. The summed E-state index contributed by atoms with van der Waals surface area (Å²) in [7, 11) is 0. The molecule has 1 fully saturated rings. The second-order valence-corrected chi connectivity index (χ2v) is 4.75. The zero-order valence-electron chi connectivity index (χ0n) is 10.2. The lowest BCUT2D eigenvalue weighted by Gasteiger charge is -2.32. The van der Waals surface area contributed by atoms with Gasteiger partial charge in [-0.3, -0.25) is 9.69 Å². The van der Waals surface area contributed by atoms with Crippen molar-refractivity contribution >= 4 is 5.97 Å². The maximum Gasteiger partial charge on any atom is 0.325 e. The maximum absolute atomic E-state index is 11.5. The van der Waals surface area contributed by atoms with Gasteiger partial charge in [-0.05, 0) is 38.4 Å². The van der Waals surface area contributed by atoms with E-state index in [1.165, 1.54) is 6.42 Å². The predicted molar refractivity (Wildman–Crippen MR) is 67.0 cm³/mol. The third kappa shape index (κ3) is 2.86. The van der Waals surface area contributed by atoms with E-state index in [0.717, 1.165) is 37.1 Å². The number of rotatable bonds is 3. The second-order valence-electron chi connectivity index (χ2n) is 4.75. The van der Waals surface area contributed by atoms with Gasteiger partial charge in [-0.2, -0.15) is 0 Å². The Kier molecular flexibility index (Phi) is 3.79. The van der Waals surface area contributed by atoms with Gasteiger partial charge in [-0.1, -0.05) is 36.2 Å². The molecule has 92 valence electrons. The average Bonchev–Trinajstić information content (AvgIpc) is 2.30. The number of carbonyl (C=O) groups is 1. The lowest BCUT2D eigenvalue weighted by Crippen LogP contribution is -2.37. The molecule has 1 saturated heterocycles. The van der Waals surface area contributed by atoms with Crippen LogP contribution in [0.4, 0.5) is 0 Å². The van der Waals surface area contributed by atoms with Crippen LogP contribution in [0, 0.1) is 6.92 Å². The van der Waals surface area contributed by atoms with Gasteiger partial charge in [0.25, 0.3) is 0 Å². The Balaban J connectivity index is 2.25. The minimum atomic E-state index is -0.738. The molecule has 1 N–H and O–H groups in total. The molecular weight excluding hydrogens is 214 g/mol. The van der Waals surface area contributed by atoms with Gasteiger partial charge in [0, 0.05) is 0 Å². The van der Waals surface area contributed by atoms with Crippen molar-refractivity contribution in [2.45, 2.75) is 32.2 Å². The van der Waals surface area contributed by atoms with Crippen molar-refractivity contribution in [2.75, 3.05) is 13.1 Å². The zero-order chi connectivity index (χ0) is 12.3. The quantitative estimate of drug-likeness (QED) is 0.872. The van der Waals surface area contributed by atoms with E-state index in [4.69, 9.17) is 0 Å². The van der Waals surface area contributed by atoms with E-state index in [1.54, 1.807) is 0 Å². The Morgan fingerprint density at radius 1 is 1.29 bits per heavy atom. The Morgan fingerprint density at radius 3 is 2.59 bits per heavy atom. The molecule has 2 rings (SSSR count). The molecule has 1 aliphatic heterocycles. The molecule has 1 atom stereocenters. The molecule has 0 bridgehead atoms. The van der Waals surface area contributed by atoms with Crippen LogP contribution in [0.1, 0.15) is 36.4 Å². The average molecular weight is 233 g/mol. The van der Waals surface area contributed by atoms with E-state index in [-0.39, 0.29) is 0 Å². The predicted octanol–water partition coefficient (Wildman–Crippen LogP) is 2.61. The molecule has 1 aromatic rings. The summed E-state index contributed by atoms with van der Waals surface area (Å²) in [6.45, 7) is 3.79. The summed E-state index contributed by atoms with van der Waals surface area (Å²) in [4.78, 5) is 13.6. The highest BCUT2D eigenvalue weighted by molar-refractivity contribution is 5.75. The Morgan fingerprint density at radius 2 is 2.00 bits per heavy atom. The van der Waals surface area contributed by atoms with Crippen LogP contribution >= 0.6 is 0 Å². The van der Waals surface area contributed by atoms with Crippen LogP contribution in [0.25, 0.3) is 0 Å². The van der Waals surface area contributed by atoms with Crippen molar-refractivity contribution in [1.29, 1.82) is 0 Å². The zero-order valence-corrected chi connectivity index (χ0v) is 10.2. The summed E-state index contributed by atoms with van der Waals surface area (Å²) in [5, 5.41) is 9.43. The maximum atomic E-state index is 11.5. The molecule has 1 heterocycles. The highest BCUT2D eigenvalue weighted by Crippen LogP contribution is 2.25. The van der Waals surface area contributed by atoms with Crippen LogP contribution < -0.4 is 0 Å². The van der Waals surface area contributed by atoms with Gasteiger partial charge in [-0.15, -0.1) is 0 Å². The summed E-state index contributed by atoms with van der Waals surface area (Å²) in [5.41, 5.74) is 2.02. The van der Waals surface area contributed by atoms with Gasteiger partial charge in [0.05, 0.1) is 0 Å². The molecule has 17 heavy (non-hydrogen) atoms. The van der Waals surface area contributed by atoms with Crippen molar-refractivity contribution in [1.82, 2.24) is 4.90 Å². The number of aliphatic carboxylic acids is 1. The molecule has 0 spiro atoms. The molecule has 0 aliphatic carbocycles. The van der Waals surface area contributed by atoms with Gasteiger partial charge >= 0.3 is 5.97 Å². The molecule has 1 aromatic carbocycles. The van der Waals surface area contributed by atoms with E-state index in [9.17, 15) is 9.90 Å². The normalized spacial score (nSPS) is 18.9. The highest BCUT2D eigenvalue weighted by Gasteiger charge is 2.28. The van der Waals surface area contributed by atoms with Crippen LogP contribution in [0.3, 0.4) is 0 Å². The fourth-order valence-electron chi connectivity index (χ4n) is 2.53. The number of likely N-dealkylation sites (tertiary alicyclic amines) is 1. The number of piperidine rings is 1. The fraction of sp³-hybridized carbons (Fsp3) is 0.500. The molecule has 3 heteroatoms. The summed E-state index contributed by atoms with van der Waals surface area (Å²) < 4.78 is 0. The SMILES string of the molecule is Cc1cccc(C(C(=O)O)N2CCCCC2)c1. The first-order valence-electron chi connectivity index (χ1n) is 6.22. The number of hydrogen-bond donors (Lipinski definition) is 1. The van der Waals surface area contributed by atoms with E-state index in [1.807, 2.05) is 31.2 Å². The van der Waals surface area contributed by atoms with Crippen LogP contribution in [0.2, 0.25) is 0 Å². The van der Waals surface area contributed by atoms with Crippen LogP contribution in [-0.4, -0.2) is 29.1 Å². The van der Waals surface area contributed by atoms with Crippen LogP contribution in [0.15, 0.2) is 24.3 Å². The monoisotopic (exact) mass is 233 g/mol. The van der Waals surface area contributed by atoms with Gasteiger partial charge in [0.15, 0.2) is 0 Å². The summed E-state index contributed by atoms with van der Waals surface area (Å²) in [6, 6.07) is 7.35. The van der Waals surface area contributed by atoms with Crippen molar-refractivity contribution in [3.63, 3.8) is 0 Å². The standard InChI is InChI=1S/C14H19NO2/c1-11-6-5-7-12(10-11)13(14(16)17)15-8-3-2-4-9-15/h5-7,10,13H,2-4,8-9H2,1H3,(H,16,17). The Bertz CT molecular complexity index is 397. The molecule has 0 amide bonds. The van der Waals surface area contributed by atoms with Gasteiger partial charge in [0.2, 0.25) is 0 Å². The summed E-state index contributed by atoms with van der Waals surface area (Å²) in [6.07, 6.45) is 3.43. The van der Waals surface area contributed by atoms with E-state index in [0.29, 0.717) is 0 Å². The van der Waals surface area contributed by atoms with E-state index >= 15 is 0 Å². The van der Waals surface area contributed by atoms with Crippen molar-refractivity contribution in [3.8, 4) is 0 Å². The number of nitrogens with zero attached hydrogens (tertiary/aromatic N) is 1. The third-order valence-corrected chi connectivity index (χ3v) is 3.35. The van der Waals surface area contributed by atoms with Gasteiger partial charge < -0.3 is 5.11 Å². The number of carboxylic acids is 1. The van der Waals surface area contributed by atoms with E-state index in [2.05, 4.69) is 4.90 Å². The largest absolute Gasteiger partial charge is 0.480 e. The minimum absolute atomic E-state index is 0.477. The lowest BCUT2D eigenvalue weighted by atomic mass is 10.0. The molecule has 0 aromatic heterocycles. The van der Waals surface area contributed by atoms with Crippen LogP contribution in [0.5, 0.6) is 0 Å². The van der Waals surface area contributed by atoms with Crippen molar-refractivity contribution in [2.24, 2.45) is 0 Å². The first-order valence-corrected chi connectivity index (χ1v) is 6.22. The second kappa shape index (κ2) is 5.32. The lowest BCUT2D eigenvalue weighted by molar-refractivity contribution is -0.144. The fourth-order valence-corrected chi connectivity index (χ4v) is 2.53. The number of aryl methyl sites for hydroxylation is 1. The van der Waals surface area contributed by atoms with E-state index < -0.39 is 12.0 Å². The number of benzene rings is 1. The highest BCUT2D eigenvalue weighted by atomic mass is 16.4. The molecule has 0 saturated carbocycles. The molecule has 1 unspecified atom stereocenters. The number of hydrogen-bond acceptors (Lipinski definition) is 2. The Labute approximate surface area is 102 Å². The molecule has 1 aliphatic rings. The molecular formula is C14H19NO2. The third-order valence-electron chi connectivity index (χ3n) is 3.35. The van der Waals surface area contributed by atoms with Crippen LogP contribution in [-0.2, 0) is 4.79 Å². The number of carboxylic acid groups (broad SMARTS) is 1. The van der Waals surface area contributed by atoms with Crippen molar-refractivity contribution < 1.29 is 9.90 Å².